The molecule has 0 spiro atoms. The maximum absolute atomic E-state index is 12.2. The van der Waals surface area contributed by atoms with Gasteiger partial charge in [-0.05, 0) is 51.2 Å². The molecule has 0 saturated carbocycles. The number of aryl methyl sites for hydroxylation is 3. The van der Waals surface area contributed by atoms with Crippen LogP contribution in [0.25, 0.3) is 0 Å². The zero-order valence-electron chi connectivity index (χ0n) is 12.8. The molecule has 2 aromatic rings. The molecule has 1 aliphatic rings. The van der Waals surface area contributed by atoms with Crippen molar-refractivity contribution in [3.8, 4) is 0 Å². The Morgan fingerprint density at radius 3 is 2.86 bits per heavy atom. The first-order chi connectivity index (χ1) is 10.1. The van der Waals surface area contributed by atoms with E-state index in [1.807, 2.05) is 25.6 Å². The Hall–Kier alpha value is -2.04. The van der Waals surface area contributed by atoms with Gasteiger partial charge in [-0.3, -0.25) is 9.48 Å². The van der Waals surface area contributed by atoms with Crippen molar-refractivity contribution in [1.82, 2.24) is 15.1 Å². The van der Waals surface area contributed by atoms with Crippen LogP contribution in [-0.2, 0) is 26.4 Å². The molecular formula is C16H21N3O2. The summed E-state index contributed by atoms with van der Waals surface area (Å²) in [6, 6.07) is 1.78. The van der Waals surface area contributed by atoms with Crippen molar-refractivity contribution in [2.75, 3.05) is 0 Å². The summed E-state index contributed by atoms with van der Waals surface area (Å²) in [7, 11) is 1.99. The molecule has 5 nitrogen and oxygen atoms in total. The van der Waals surface area contributed by atoms with Crippen LogP contribution >= 0.6 is 0 Å². The van der Waals surface area contributed by atoms with E-state index in [0.29, 0.717) is 17.9 Å². The van der Waals surface area contributed by atoms with E-state index in [0.717, 1.165) is 24.3 Å². The van der Waals surface area contributed by atoms with Crippen molar-refractivity contribution >= 4 is 5.91 Å². The van der Waals surface area contributed by atoms with E-state index in [1.54, 1.807) is 6.07 Å². The summed E-state index contributed by atoms with van der Waals surface area (Å²) < 4.78 is 7.36. The van der Waals surface area contributed by atoms with E-state index < -0.39 is 0 Å². The van der Waals surface area contributed by atoms with Gasteiger partial charge in [-0.15, -0.1) is 0 Å². The number of rotatable bonds is 3. The molecule has 0 unspecified atom stereocenters. The highest BCUT2D eigenvalue weighted by Gasteiger charge is 2.20. The molecule has 1 amide bonds. The van der Waals surface area contributed by atoms with Crippen molar-refractivity contribution in [2.45, 2.75) is 46.1 Å². The molecule has 0 radical (unpaired) electrons. The number of nitrogens with one attached hydrogen (secondary N) is 1. The second-order valence-electron chi connectivity index (χ2n) is 5.71. The maximum atomic E-state index is 12.2. The van der Waals surface area contributed by atoms with Gasteiger partial charge in [0.25, 0.3) is 5.91 Å². The van der Waals surface area contributed by atoms with Gasteiger partial charge in [0.05, 0.1) is 17.8 Å². The molecule has 1 N–H and O–H groups in total. The predicted octanol–water partition coefficient (Wildman–Crippen LogP) is 2.44. The fraction of sp³-hybridized carbons (Fsp3) is 0.500. The van der Waals surface area contributed by atoms with E-state index in [1.165, 1.54) is 24.1 Å². The van der Waals surface area contributed by atoms with E-state index in [4.69, 9.17) is 4.42 Å². The van der Waals surface area contributed by atoms with Gasteiger partial charge < -0.3 is 9.73 Å². The first-order valence-electron chi connectivity index (χ1n) is 7.45. The fourth-order valence-electron chi connectivity index (χ4n) is 3.12. The Balaban J connectivity index is 1.73. The van der Waals surface area contributed by atoms with Crippen LogP contribution in [0.3, 0.4) is 0 Å². The lowest BCUT2D eigenvalue weighted by Gasteiger charge is -2.12. The second kappa shape index (κ2) is 5.39. The standard InChI is InChI=1S/C16H21N3O2/c1-10-8-13(11(2)21-10)16(20)17-9-14-12-6-4-5-7-15(12)19(3)18-14/h8H,4-7,9H2,1-3H3,(H,17,20). The Morgan fingerprint density at radius 1 is 1.38 bits per heavy atom. The van der Waals surface area contributed by atoms with Crippen LogP contribution in [0.15, 0.2) is 10.5 Å². The van der Waals surface area contributed by atoms with Gasteiger partial charge in [-0.25, -0.2) is 0 Å². The molecule has 0 aliphatic heterocycles. The minimum Gasteiger partial charge on any atom is -0.466 e. The molecule has 0 fully saturated rings. The summed E-state index contributed by atoms with van der Waals surface area (Å²) in [6.45, 7) is 4.13. The molecule has 1 aliphatic carbocycles. The van der Waals surface area contributed by atoms with Crippen LogP contribution in [0.5, 0.6) is 0 Å². The monoisotopic (exact) mass is 287 g/mol. The summed E-state index contributed by atoms with van der Waals surface area (Å²) in [5.74, 6) is 1.32. The predicted molar refractivity (Wildman–Crippen MR) is 79.2 cm³/mol. The summed E-state index contributed by atoms with van der Waals surface area (Å²) >= 11 is 0. The van der Waals surface area contributed by atoms with Crippen LogP contribution in [0.1, 0.15) is 51.7 Å². The van der Waals surface area contributed by atoms with Gasteiger partial charge in [0.1, 0.15) is 11.5 Å². The topological polar surface area (TPSA) is 60.1 Å². The lowest BCUT2D eigenvalue weighted by atomic mass is 9.96. The van der Waals surface area contributed by atoms with Crippen molar-refractivity contribution in [2.24, 2.45) is 7.05 Å². The van der Waals surface area contributed by atoms with Gasteiger partial charge >= 0.3 is 0 Å². The van der Waals surface area contributed by atoms with E-state index >= 15 is 0 Å². The van der Waals surface area contributed by atoms with E-state index in [2.05, 4.69) is 10.4 Å². The Bertz CT molecular complexity index is 682. The first-order valence-corrected chi connectivity index (χ1v) is 7.45. The smallest absolute Gasteiger partial charge is 0.255 e. The largest absolute Gasteiger partial charge is 0.466 e. The molecule has 0 aromatic carbocycles. The van der Waals surface area contributed by atoms with Gasteiger partial charge in [0.2, 0.25) is 0 Å². The van der Waals surface area contributed by atoms with Crippen LogP contribution in [-0.4, -0.2) is 15.7 Å². The Labute approximate surface area is 124 Å². The highest BCUT2D eigenvalue weighted by molar-refractivity contribution is 5.95. The average Bonchev–Trinajstić information content (AvgIpc) is 2.97. The molecule has 21 heavy (non-hydrogen) atoms. The molecule has 2 heterocycles. The second-order valence-corrected chi connectivity index (χ2v) is 5.71. The minimum absolute atomic E-state index is 0.0976. The van der Waals surface area contributed by atoms with Crippen molar-refractivity contribution in [3.63, 3.8) is 0 Å². The number of amides is 1. The molecule has 0 bridgehead atoms. The SMILES string of the molecule is Cc1cc(C(=O)NCc2nn(C)c3c2CCCC3)c(C)o1. The Morgan fingerprint density at radius 2 is 2.14 bits per heavy atom. The van der Waals surface area contributed by atoms with Gasteiger partial charge in [-0.2, -0.15) is 5.10 Å². The number of hydrogen-bond donors (Lipinski definition) is 1. The number of carbonyl (C=O) groups excluding carboxylic acids is 1. The van der Waals surface area contributed by atoms with E-state index in [-0.39, 0.29) is 5.91 Å². The third-order valence-corrected chi connectivity index (χ3v) is 4.15. The minimum atomic E-state index is -0.0976. The zero-order chi connectivity index (χ0) is 15.0. The van der Waals surface area contributed by atoms with Crippen LogP contribution in [0.4, 0.5) is 0 Å². The molecule has 3 rings (SSSR count). The quantitative estimate of drug-likeness (QED) is 0.943. The van der Waals surface area contributed by atoms with Crippen LogP contribution < -0.4 is 5.32 Å². The molecule has 0 saturated heterocycles. The van der Waals surface area contributed by atoms with Crippen molar-refractivity contribution < 1.29 is 9.21 Å². The third kappa shape index (κ3) is 2.60. The maximum Gasteiger partial charge on any atom is 0.255 e. The van der Waals surface area contributed by atoms with Crippen LogP contribution in [0, 0.1) is 13.8 Å². The molecule has 5 heteroatoms. The molecule has 112 valence electrons. The number of nitrogens with zero attached hydrogens (tertiary/aromatic N) is 2. The number of hydrogen-bond acceptors (Lipinski definition) is 3. The molecular weight excluding hydrogens is 266 g/mol. The number of furan rings is 1. The van der Waals surface area contributed by atoms with Crippen LogP contribution in [0.2, 0.25) is 0 Å². The average molecular weight is 287 g/mol. The highest BCUT2D eigenvalue weighted by Crippen LogP contribution is 2.24. The summed E-state index contributed by atoms with van der Waals surface area (Å²) in [5, 5.41) is 7.52. The summed E-state index contributed by atoms with van der Waals surface area (Å²) in [4.78, 5) is 12.2. The van der Waals surface area contributed by atoms with Gasteiger partial charge in [0.15, 0.2) is 0 Å². The first kappa shape index (κ1) is 13.9. The number of fused-ring (bicyclic) bond motifs is 1. The summed E-state index contributed by atoms with van der Waals surface area (Å²) in [5.41, 5.74) is 4.25. The van der Waals surface area contributed by atoms with Crippen molar-refractivity contribution in [1.29, 1.82) is 0 Å². The Kier molecular flexibility index (Phi) is 3.57. The third-order valence-electron chi connectivity index (χ3n) is 4.15. The number of aromatic nitrogens is 2. The van der Waals surface area contributed by atoms with Crippen molar-refractivity contribution in [3.05, 3.63) is 40.1 Å². The normalized spacial score (nSPS) is 14.0. The number of carbonyl (C=O) groups is 1. The van der Waals surface area contributed by atoms with E-state index in [9.17, 15) is 4.79 Å². The fourth-order valence-corrected chi connectivity index (χ4v) is 3.12. The highest BCUT2D eigenvalue weighted by atomic mass is 16.3. The zero-order valence-corrected chi connectivity index (χ0v) is 12.8. The van der Waals surface area contributed by atoms with Gasteiger partial charge in [0, 0.05) is 12.7 Å². The molecule has 2 aromatic heterocycles. The lowest BCUT2D eigenvalue weighted by molar-refractivity contribution is 0.0948. The van der Waals surface area contributed by atoms with Gasteiger partial charge in [-0.1, -0.05) is 0 Å². The molecule has 0 atom stereocenters. The summed E-state index contributed by atoms with van der Waals surface area (Å²) in [6.07, 6.45) is 4.59. The lowest BCUT2D eigenvalue weighted by Crippen LogP contribution is -2.24.